The quantitative estimate of drug-likeness (QED) is 0.805. The van der Waals surface area contributed by atoms with Crippen LogP contribution in [0.4, 0.5) is 10.5 Å². The first-order chi connectivity index (χ1) is 7.99. The fourth-order valence-corrected chi connectivity index (χ4v) is 1.95. The van der Waals surface area contributed by atoms with Gasteiger partial charge in [0.05, 0.1) is 5.92 Å². The number of aryl methyl sites for hydroxylation is 2. The number of hydrogen-bond donors (Lipinski definition) is 1. The highest BCUT2D eigenvalue weighted by molar-refractivity contribution is 6.06. The molecule has 1 aromatic carbocycles. The Morgan fingerprint density at radius 1 is 1.29 bits per heavy atom. The van der Waals surface area contributed by atoms with Gasteiger partial charge in [0.15, 0.2) is 0 Å². The van der Waals surface area contributed by atoms with Crippen LogP contribution in [0.25, 0.3) is 0 Å². The van der Waals surface area contributed by atoms with Crippen LogP contribution in [0.3, 0.4) is 0 Å². The summed E-state index contributed by atoms with van der Waals surface area (Å²) in [5, 5.41) is 2.37. The van der Waals surface area contributed by atoms with E-state index in [4.69, 9.17) is 0 Å². The highest BCUT2D eigenvalue weighted by Gasteiger charge is 2.30. The van der Waals surface area contributed by atoms with Crippen molar-refractivity contribution >= 4 is 17.6 Å². The molecule has 1 N–H and O–H groups in total. The number of imide groups is 1. The van der Waals surface area contributed by atoms with E-state index < -0.39 is 0 Å². The van der Waals surface area contributed by atoms with Crippen molar-refractivity contribution in [2.45, 2.75) is 20.8 Å². The fourth-order valence-electron chi connectivity index (χ4n) is 1.95. The Balaban J connectivity index is 2.36. The van der Waals surface area contributed by atoms with Gasteiger partial charge < -0.3 is 0 Å². The lowest BCUT2D eigenvalue weighted by molar-refractivity contribution is -0.123. The molecule has 1 unspecified atom stereocenters. The molecule has 2 rings (SSSR count). The van der Waals surface area contributed by atoms with Crippen molar-refractivity contribution < 1.29 is 9.59 Å². The van der Waals surface area contributed by atoms with Crippen LogP contribution in [0.5, 0.6) is 0 Å². The van der Waals surface area contributed by atoms with Crippen LogP contribution < -0.4 is 10.2 Å². The van der Waals surface area contributed by atoms with E-state index in [2.05, 4.69) is 5.32 Å². The van der Waals surface area contributed by atoms with Crippen molar-refractivity contribution in [2.24, 2.45) is 5.92 Å². The van der Waals surface area contributed by atoms with Crippen molar-refractivity contribution in [2.75, 3.05) is 11.4 Å². The SMILES string of the molecule is Cc1ccc(C)c(N2CC(C)C(=O)NC2=O)c1. The number of anilines is 1. The van der Waals surface area contributed by atoms with Gasteiger partial charge in [-0.1, -0.05) is 19.1 Å². The Kier molecular flexibility index (Phi) is 2.88. The van der Waals surface area contributed by atoms with E-state index in [9.17, 15) is 9.59 Å². The summed E-state index contributed by atoms with van der Waals surface area (Å²) in [5.74, 6) is -0.371. The van der Waals surface area contributed by atoms with Gasteiger partial charge in [-0.15, -0.1) is 0 Å². The van der Waals surface area contributed by atoms with Gasteiger partial charge in [-0.3, -0.25) is 15.0 Å². The van der Waals surface area contributed by atoms with Crippen LogP contribution in [0.1, 0.15) is 18.1 Å². The first-order valence-electron chi connectivity index (χ1n) is 5.68. The highest BCUT2D eigenvalue weighted by Crippen LogP contribution is 2.24. The highest BCUT2D eigenvalue weighted by atomic mass is 16.2. The zero-order chi connectivity index (χ0) is 12.6. The fraction of sp³-hybridized carbons (Fsp3) is 0.385. The standard InChI is InChI=1S/C13H16N2O2/c1-8-4-5-9(2)11(6-8)15-7-10(3)12(16)14-13(15)17/h4-6,10H,7H2,1-3H3,(H,14,16,17). The van der Waals surface area contributed by atoms with Crippen molar-refractivity contribution in [3.05, 3.63) is 29.3 Å². The van der Waals surface area contributed by atoms with Crippen LogP contribution in [-0.2, 0) is 4.79 Å². The maximum absolute atomic E-state index is 11.8. The maximum atomic E-state index is 11.8. The van der Waals surface area contributed by atoms with E-state index in [1.54, 1.807) is 4.90 Å². The molecule has 17 heavy (non-hydrogen) atoms. The average molecular weight is 232 g/mol. The second kappa shape index (κ2) is 4.20. The molecular weight excluding hydrogens is 216 g/mol. The third-order valence-electron chi connectivity index (χ3n) is 3.03. The van der Waals surface area contributed by atoms with Crippen LogP contribution in [0, 0.1) is 19.8 Å². The second-order valence-electron chi connectivity index (χ2n) is 4.60. The monoisotopic (exact) mass is 232 g/mol. The van der Waals surface area contributed by atoms with Gasteiger partial charge in [-0.2, -0.15) is 0 Å². The largest absolute Gasteiger partial charge is 0.328 e. The summed E-state index contributed by atoms with van der Waals surface area (Å²) >= 11 is 0. The van der Waals surface area contributed by atoms with Crippen molar-refractivity contribution in [3.63, 3.8) is 0 Å². The number of nitrogens with zero attached hydrogens (tertiary/aromatic N) is 1. The molecular formula is C13H16N2O2. The van der Waals surface area contributed by atoms with E-state index in [1.165, 1.54) is 0 Å². The van der Waals surface area contributed by atoms with Crippen LogP contribution in [-0.4, -0.2) is 18.5 Å². The van der Waals surface area contributed by atoms with E-state index >= 15 is 0 Å². The Morgan fingerprint density at radius 2 is 2.00 bits per heavy atom. The summed E-state index contributed by atoms with van der Waals surface area (Å²) in [6, 6.07) is 5.63. The molecule has 1 aromatic rings. The molecule has 1 aliphatic heterocycles. The molecule has 1 fully saturated rings. The smallest absolute Gasteiger partial charge is 0.293 e. The lowest BCUT2D eigenvalue weighted by atomic mass is 10.1. The molecule has 1 saturated heterocycles. The van der Waals surface area contributed by atoms with E-state index in [-0.39, 0.29) is 17.9 Å². The number of benzene rings is 1. The Hall–Kier alpha value is -1.84. The van der Waals surface area contributed by atoms with Crippen molar-refractivity contribution in [3.8, 4) is 0 Å². The lowest BCUT2D eigenvalue weighted by Gasteiger charge is -2.31. The minimum atomic E-state index is -0.332. The van der Waals surface area contributed by atoms with Crippen LogP contribution in [0.2, 0.25) is 0 Å². The minimum absolute atomic E-state index is 0.174. The molecule has 0 aliphatic carbocycles. The zero-order valence-corrected chi connectivity index (χ0v) is 10.3. The summed E-state index contributed by atoms with van der Waals surface area (Å²) in [7, 11) is 0. The third-order valence-corrected chi connectivity index (χ3v) is 3.03. The summed E-state index contributed by atoms with van der Waals surface area (Å²) in [4.78, 5) is 24.8. The number of carbonyl (C=O) groups excluding carboxylic acids is 2. The lowest BCUT2D eigenvalue weighted by Crippen LogP contribution is -2.54. The normalized spacial score (nSPS) is 20.4. The van der Waals surface area contributed by atoms with Crippen LogP contribution >= 0.6 is 0 Å². The summed E-state index contributed by atoms with van der Waals surface area (Å²) in [5.41, 5.74) is 3.01. The van der Waals surface area contributed by atoms with E-state index in [0.29, 0.717) is 6.54 Å². The molecule has 0 saturated carbocycles. The van der Waals surface area contributed by atoms with Gasteiger partial charge in [0.2, 0.25) is 5.91 Å². The van der Waals surface area contributed by atoms with E-state index in [1.807, 2.05) is 39.0 Å². The molecule has 4 heteroatoms. The van der Waals surface area contributed by atoms with Gasteiger partial charge in [-0.05, 0) is 31.0 Å². The number of carbonyl (C=O) groups is 2. The van der Waals surface area contributed by atoms with Crippen molar-refractivity contribution in [1.82, 2.24) is 5.32 Å². The molecule has 4 nitrogen and oxygen atoms in total. The molecule has 0 aromatic heterocycles. The van der Waals surface area contributed by atoms with Gasteiger partial charge in [0.25, 0.3) is 0 Å². The molecule has 90 valence electrons. The first-order valence-corrected chi connectivity index (χ1v) is 5.68. The predicted octanol–water partition coefficient (Wildman–Crippen LogP) is 2.00. The molecule has 0 bridgehead atoms. The Bertz CT molecular complexity index is 482. The predicted molar refractivity (Wildman–Crippen MR) is 66.0 cm³/mol. The Morgan fingerprint density at radius 3 is 2.71 bits per heavy atom. The zero-order valence-electron chi connectivity index (χ0n) is 10.3. The average Bonchev–Trinajstić information content (AvgIpc) is 2.27. The van der Waals surface area contributed by atoms with E-state index in [0.717, 1.165) is 16.8 Å². The summed E-state index contributed by atoms with van der Waals surface area (Å²) in [6.07, 6.45) is 0. The summed E-state index contributed by atoms with van der Waals surface area (Å²) < 4.78 is 0. The first kappa shape index (κ1) is 11.6. The number of hydrogen-bond acceptors (Lipinski definition) is 2. The van der Waals surface area contributed by atoms with Gasteiger partial charge in [-0.25, -0.2) is 4.79 Å². The molecule has 0 spiro atoms. The minimum Gasteiger partial charge on any atom is -0.293 e. The number of nitrogens with one attached hydrogen (secondary N) is 1. The molecule has 1 atom stereocenters. The maximum Gasteiger partial charge on any atom is 0.328 e. The Labute approximate surface area is 101 Å². The van der Waals surface area contributed by atoms with Gasteiger partial charge in [0.1, 0.15) is 0 Å². The second-order valence-corrected chi connectivity index (χ2v) is 4.60. The topological polar surface area (TPSA) is 49.4 Å². The number of urea groups is 1. The molecule has 1 heterocycles. The van der Waals surface area contributed by atoms with Crippen LogP contribution in [0.15, 0.2) is 18.2 Å². The number of amides is 3. The van der Waals surface area contributed by atoms with Gasteiger partial charge >= 0.3 is 6.03 Å². The van der Waals surface area contributed by atoms with Gasteiger partial charge in [0, 0.05) is 12.2 Å². The summed E-state index contributed by atoms with van der Waals surface area (Å²) in [6.45, 7) is 6.21. The molecule has 1 aliphatic rings. The number of rotatable bonds is 1. The van der Waals surface area contributed by atoms with Crippen molar-refractivity contribution in [1.29, 1.82) is 0 Å². The molecule has 3 amide bonds. The third kappa shape index (κ3) is 2.16. The molecule has 0 radical (unpaired) electrons.